The Morgan fingerprint density at radius 2 is 1.90 bits per heavy atom. The Morgan fingerprint density at radius 3 is 2.45 bits per heavy atom. The van der Waals surface area contributed by atoms with Crippen molar-refractivity contribution in [3.8, 4) is 5.75 Å². The highest BCUT2D eigenvalue weighted by Crippen LogP contribution is 2.32. The second-order valence-corrected chi connectivity index (χ2v) is 6.27. The highest BCUT2D eigenvalue weighted by Gasteiger charge is 2.14. The van der Waals surface area contributed by atoms with E-state index in [1.807, 2.05) is 32.9 Å². The number of hydrogen-bond acceptors (Lipinski definition) is 3. The maximum absolute atomic E-state index is 12.3. The summed E-state index contributed by atoms with van der Waals surface area (Å²) in [7, 11) is 1.55. The summed E-state index contributed by atoms with van der Waals surface area (Å²) in [6.07, 6.45) is 0. The lowest BCUT2D eigenvalue weighted by Crippen LogP contribution is -2.11. The van der Waals surface area contributed by atoms with Gasteiger partial charge in [-0.3, -0.25) is 4.79 Å². The summed E-state index contributed by atoms with van der Waals surface area (Å²) in [5.41, 5.74) is 2.64. The predicted octanol–water partition coefficient (Wildman–Crippen LogP) is 4.59. The minimum Gasteiger partial charge on any atom is -0.495 e. The van der Waals surface area contributed by atoms with Gasteiger partial charge in [-0.05, 0) is 44.0 Å². The monoisotopic (exact) mass is 309 g/mol. The van der Waals surface area contributed by atoms with Crippen LogP contribution in [-0.4, -0.2) is 13.0 Å². The number of carbonyl (C=O) groups excluding carboxylic acids is 1. The van der Waals surface area contributed by atoms with Crippen molar-refractivity contribution in [1.82, 2.24) is 0 Å². The molecule has 0 saturated carbocycles. The number of aryl methyl sites for hydroxylation is 3. The molecule has 1 heterocycles. The van der Waals surface area contributed by atoms with Gasteiger partial charge in [0.25, 0.3) is 5.91 Å². The third kappa shape index (κ3) is 2.97. The highest BCUT2D eigenvalue weighted by atomic mass is 35.5. The molecule has 2 rings (SSSR count). The van der Waals surface area contributed by atoms with Crippen LogP contribution in [0, 0.1) is 20.8 Å². The topological polar surface area (TPSA) is 38.3 Å². The van der Waals surface area contributed by atoms with Crippen molar-refractivity contribution in [1.29, 1.82) is 0 Å². The summed E-state index contributed by atoms with van der Waals surface area (Å²) in [6.45, 7) is 5.89. The third-order valence-corrected chi connectivity index (χ3v) is 4.68. The van der Waals surface area contributed by atoms with E-state index in [-0.39, 0.29) is 5.91 Å². The van der Waals surface area contributed by atoms with Gasteiger partial charge in [-0.1, -0.05) is 11.6 Å². The number of thiophene rings is 1. The van der Waals surface area contributed by atoms with E-state index in [1.165, 1.54) is 11.3 Å². The molecule has 0 aliphatic rings. The van der Waals surface area contributed by atoms with Crippen LogP contribution in [-0.2, 0) is 0 Å². The van der Waals surface area contributed by atoms with Crippen LogP contribution >= 0.6 is 22.9 Å². The summed E-state index contributed by atoms with van der Waals surface area (Å²) in [6, 6.07) is 5.41. The van der Waals surface area contributed by atoms with Gasteiger partial charge in [0, 0.05) is 16.0 Å². The molecule has 0 spiro atoms. The minimum atomic E-state index is -0.133. The number of rotatable bonds is 3. The van der Waals surface area contributed by atoms with Gasteiger partial charge < -0.3 is 10.1 Å². The molecule has 2 aromatic rings. The number of methoxy groups -OCH3 is 1. The Hall–Kier alpha value is -1.52. The smallest absolute Gasteiger partial charge is 0.265 e. The maximum atomic E-state index is 12.3. The van der Waals surface area contributed by atoms with Gasteiger partial charge in [-0.25, -0.2) is 0 Å². The van der Waals surface area contributed by atoms with Gasteiger partial charge >= 0.3 is 0 Å². The van der Waals surface area contributed by atoms with E-state index >= 15 is 0 Å². The molecule has 0 atom stereocenters. The van der Waals surface area contributed by atoms with Crippen LogP contribution in [0.3, 0.4) is 0 Å². The van der Waals surface area contributed by atoms with Crippen molar-refractivity contribution in [2.45, 2.75) is 20.8 Å². The molecule has 0 radical (unpaired) electrons. The van der Waals surface area contributed by atoms with Crippen molar-refractivity contribution in [2.75, 3.05) is 12.4 Å². The number of ether oxygens (including phenoxy) is 1. The molecule has 0 saturated heterocycles. The van der Waals surface area contributed by atoms with Gasteiger partial charge in [0.05, 0.1) is 17.7 Å². The lowest BCUT2D eigenvalue weighted by Gasteiger charge is -2.11. The molecule has 0 aliphatic carbocycles. The average molecular weight is 310 g/mol. The fourth-order valence-electron chi connectivity index (χ4n) is 1.80. The van der Waals surface area contributed by atoms with E-state index in [0.717, 1.165) is 16.0 Å². The number of anilines is 1. The molecular formula is C15H16ClNO2S. The van der Waals surface area contributed by atoms with Crippen LogP contribution in [0.5, 0.6) is 5.75 Å². The van der Waals surface area contributed by atoms with Crippen molar-refractivity contribution in [3.05, 3.63) is 44.1 Å². The molecule has 0 bridgehead atoms. The molecule has 106 valence electrons. The first-order valence-electron chi connectivity index (χ1n) is 6.15. The molecule has 20 heavy (non-hydrogen) atoms. The molecule has 1 aromatic heterocycles. The Kier molecular flexibility index (Phi) is 4.35. The molecule has 1 N–H and O–H groups in total. The van der Waals surface area contributed by atoms with Crippen molar-refractivity contribution >= 4 is 34.5 Å². The SMILES string of the molecule is COc1cc(Cl)c(C)cc1NC(=O)c1cc(C)c(C)s1. The Balaban J connectivity index is 2.29. The Bertz CT molecular complexity index is 645. The first-order chi connectivity index (χ1) is 9.42. The van der Waals surface area contributed by atoms with Gasteiger partial charge in [-0.2, -0.15) is 0 Å². The van der Waals surface area contributed by atoms with Crippen molar-refractivity contribution in [3.63, 3.8) is 0 Å². The van der Waals surface area contributed by atoms with Gasteiger partial charge in [-0.15, -0.1) is 11.3 Å². The number of amides is 1. The second-order valence-electron chi connectivity index (χ2n) is 4.61. The number of nitrogens with one attached hydrogen (secondary N) is 1. The van der Waals surface area contributed by atoms with E-state index in [2.05, 4.69) is 5.32 Å². The lowest BCUT2D eigenvalue weighted by molar-refractivity contribution is 0.103. The minimum absolute atomic E-state index is 0.133. The maximum Gasteiger partial charge on any atom is 0.265 e. The molecule has 3 nitrogen and oxygen atoms in total. The summed E-state index contributed by atoms with van der Waals surface area (Å²) in [5, 5.41) is 3.49. The molecule has 5 heteroatoms. The van der Waals surface area contributed by atoms with E-state index in [9.17, 15) is 4.79 Å². The number of hydrogen-bond donors (Lipinski definition) is 1. The van der Waals surface area contributed by atoms with Crippen LogP contribution in [0.15, 0.2) is 18.2 Å². The zero-order valence-corrected chi connectivity index (χ0v) is 13.4. The Labute approximate surface area is 127 Å². The number of carbonyl (C=O) groups is 1. The summed E-state index contributed by atoms with van der Waals surface area (Å²) < 4.78 is 5.25. The Morgan fingerprint density at radius 1 is 1.20 bits per heavy atom. The van der Waals surface area contributed by atoms with Crippen molar-refractivity contribution < 1.29 is 9.53 Å². The molecule has 0 fully saturated rings. The van der Waals surface area contributed by atoms with E-state index in [4.69, 9.17) is 16.3 Å². The van der Waals surface area contributed by atoms with Gasteiger partial charge in [0.15, 0.2) is 0 Å². The van der Waals surface area contributed by atoms with Crippen LogP contribution in [0.1, 0.15) is 25.7 Å². The average Bonchev–Trinajstić information content (AvgIpc) is 2.74. The quantitative estimate of drug-likeness (QED) is 0.900. The van der Waals surface area contributed by atoms with Gasteiger partial charge in [0.2, 0.25) is 0 Å². The second kappa shape index (κ2) is 5.85. The third-order valence-electron chi connectivity index (χ3n) is 3.12. The van der Waals surface area contributed by atoms with Crippen molar-refractivity contribution in [2.24, 2.45) is 0 Å². The highest BCUT2D eigenvalue weighted by molar-refractivity contribution is 7.14. The first-order valence-corrected chi connectivity index (χ1v) is 7.34. The van der Waals surface area contributed by atoms with Crippen LogP contribution in [0.2, 0.25) is 5.02 Å². The fraction of sp³-hybridized carbons (Fsp3) is 0.267. The van der Waals surface area contributed by atoms with Crippen LogP contribution in [0.25, 0.3) is 0 Å². The fourth-order valence-corrected chi connectivity index (χ4v) is 2.88. The predicted molar refractivity (Wildman–Crippen MR) is 84.5 cm³/mol. The zero-order chi connectivity index (χ0) is 14.9. The van der Waals surface area contributed by atoms with E-state index in [1.54, 1.807) is 13.2 Å². The molecule has 1 amide bonds. The number of benzene rings is 1. The normalized spacial score (nSPS) is 10.4. The summed E-state index contributed by atoms with van der Waals surface area (Å²) in [4.78, 5) is 14.1. The van der Waals surface area contributed by atoms with E-state index in [0.29, 0.717) is 21.3 Å². The summed E-state index contributed by atoms with van der Waals surface area (Å²) in [5.74, 6) is 0.421. The molecule has 0 unspecified atom stereocenters. The summed E-state index contributed by atoms with van der Waals surface area (Å²) >= 11 is 7.54. The van der Waals surface area contributed by atoms with Crippen LogP contribution < -0.4 is 10.1 Å². The molecule has 1 aromatic carbocycles. The number of halogens is 1. The van der Waals surface area contributed by atoms with E-state index < -0.39 is 0 Å². The standard InChI is InChI=1S/C15H16ClNO2S/c1-8-6-14(20-10(8)3)15(18)17-12-5-9(2)11(16)7-13(12)19-4/h5-7H,1-4H3,(H,17,18). The molecular weight excluding hydrogens is 294 g/mol. The molecule has 0 aliphatic heterocycles. The lowest BCUT2D eigenvalue weighted by atomic mass is 10.2. The zero-order valence-electron chi connectivity index (χ0n) is 11.8. The largest absolute Gasteiger partial charge is 0.495 e. The van der Waals surface area contributed by atoms with Crippen LogP contribution in [0.4, 0.5) is 5.69 Å². The first kappa shape index (κ1) is 14.9. The van der Waals surface area contributed by atoms with Gasteiger partial charge in [0.1, 0.15) is 5.75 Å².